The lowest BCUT2D eigenvalue weighted by Crippen LogP contribution is -2.50. The van der Waals surface area contributed by atoms with Crippen molar-refractivity contribution in [3.05, 3.63) is 107 Å². The largest absolute Gasteiger partial charge is 0.444 e. The van der Waals surface area contributed by atoms with E-state index in [2.05, 4.69) is 19.8 Å². The molecular weight excluding hydrogens is 984 g/mol. The second-order valence-corrected chi connectivity index (χ2v) is 21.7. The van der Waals surface area contributed by atoms with Gasteiger partial charge in [-0.2, -0.15) is 0 Å². The lowest BCUT2D eigenvalue weighted by Gasteiger charge is -2.37. The summed E-state index contributed by atoms with van der Waals surface area (Å²) in [5, 5.41) is 1.52. The molecule has 0 atom stereocenters. The molecule has 2 amide bonds. The average Bonchev–Trinajstić information content (AvgIpc) is 3.85. The quantitative estimate of drug-likeness (QED) is 0.146. The molecule has 0 aliphatic carbocycles. The van der Waals surface area contributed by atoms with Crippen LogP contribution in [0.2, 0.25) is 0 Å². The minimum Gasteiger partial charge on any atom is -0.444 e. The van der Waals surface area contributed by atoms with Gasteiger partial charge in [0.15, 0.2) is 11.3 Å². The number of piperazine rings is 2. The Morgan fingerprint density at radius 2 is 0.985 bits per heavy atom. The summed E-state index contributed by atoms with van der Waals surface area (Å²) in [5.74, 6) is 0. The van der Waals surface area contributed by atoms with E-state index < -0.39 is 31.2 Å². The van der Waals surface area contributed by atoms with Crippen molar-refractivity contribution in [3.63, 3.8) is 0 Å². The van der Waals surface area contributed by atoms with Gasteiger partial charge in [-0.15, -0.1) is 0 Å². The third-order valence-corrected chi connectivity index (χ3v) is 14.8. The predicted molar refractivity (Wildman–Crippen MR) is 264 cm³/mol. The summed E-state index contributed by atoms with van der Waals surface area (Å²) < 4.78 is 66.8. The van der Waals surface area contributed by atoms with Crippen molar-refractivity contribution in [1.82, 2.24) is 27.7 Å². The first-order valence-electron chi connectivity index (χ1n) is 20.4. The van der Waals surface area contributed by atoms with E-state index in [4.69, 9.17) is 9.47 Å². The van der Waals surface area contributed by atoms with Gasteiger partial charge in [-0.25, -0.2) is 44.3 Å². The van der Waals surface area contributed by atoms with Gasteiger partial charge < -0.3 is 29.1 Å². The van der Waals surface area contributed by atoms with Crippen LogP contribution in [-0.4, -0.2) is 120 Å². The smallest absolute Gasteiger partial charge is 0.410 e. The summed E-state index contributed by atoms with van der Waals surface area (Å²) in [6.07, 6.45) is 4.17. The van der Waals surface area contributed by atoms with Crippen molar-refractivity contribution >= 4 is 88.3 Å². The van der Waals surface area contributed by atoms with Crippen LogP contribution >= 0.6 is 22.6 Å². The topological polar surface area (TPSA) is 169 Å². The lowest BCUT2D eigenvalue weighted by atomic mass is 10.2. The standard InChI is InChI=1S/C22H25IN4O4S.C22H26N4O4S.2CH4/c1-22(2,3)31-21(28)26-13-11-25(12-14-26)18-9-10-24-20-17(18)15-19(23)27(20)32(29,30)16-7-5-4-6-8-16;1-22(2,3)30-21(27)25-15-13-24(14-16-25)19-9-11-23-20-18(19)10-12-26(20)31(28,29)17-7-5-4-6-8-17;;/h4-10,15H,11-14H2,1-3H3;4-12H,13-16H2,1-3H3;2*1H4. The molecule has 19 heteroatoms. The summed E-state index contributed by atoms with van der Waals surface area (Å²) in [7, 11) is -7.52. The Morgan fingerprint density at radius 3 is 1.43 bits per heavy atom. The Kier molecular flexibility index (Phi) is 15.6. The van der Waals surface area contributed by atoms with Crippen LogP contribution in [0.4, 0.5) is 21.0 Å². The average molecular weight is 1040 g/mol. The zero-order chi connectivity index (χ0) is 45.3. The van der Waals surface area contributed by atoms with Gasteiger partial charge in [-0.1, -0.05) is 51.3 Å². The van der Waals surface area contributed by atoms with Gasteiger partial charge >= 0.3 is 12.2 Å². The molecule has 0 spiro atoms. The van der Waals surface area contributed by atoms with Gasteiger partial charge in [0.05, 0.1) is 13.5 Å². The first-order valence-corrected chi connectivity index (χ1v) is 24.4. The van der Waals surface area contributed by atoms with Gasteiger partial charge in [0.1, 0.15) is 11.2 Å². The number of amides is 2. The lowest BCUT2D eigenvalue weighted by molar-refractivity contribution is 0.0230. The molecule has 6 aromatic rings. The van der Waals surface area contributed by atoms with Crippen molar-refractivity contribution in [2.24, 2.45) is 0 Å². The van der Waals surface area contributed by atoms with Crippen LogP contribution in [0, 0.1) is 3.70 Å². The zero-order valence-electron chi connectivity index (χ0n) is 36.0. The molecule has 0 N–H and O–H groups in total. The Balaban J connectivity index is 0.000000237. The summed E-state index contributed by atoms with van der Waals surface area (Å²) in [6, 6.07) is 24.1. The van der Waals surface area contributed by atoms with E-state index in [0.717, 1.165) is 22.1 Å². The number of anilines is 2. The van der Waals surface area contributed by atoms with Gasteiger partial charge in [-0.3, -0.25) is 0 Å². The van der Waals surface area contributed by atoms with Crippen molar-refractivity contribution in [2.45, 2.75) is 77.4 Å². The molecule has 16 nitrogen and oxygen atoms in total. The number of halogens is 1. The summed E-state index contributed by atoms with van der Waals surface area (Å²) in [4.78, 5) is 41.6. The highest BCUT2D eigenvalue weighted by molar-refractivity contribution is 14.1. The van der Waals surface area contributed by atoms with Crippen LogP contribution < -0.4 is 9.80 Å². The highest BCUT2D eigenvalue weighted by Gasteiger charge is 2.30. The van der Waals surface area contributed by atoms with Gasteiger partial charge in [-0.05, 0) is 113 Å². The van der Waals surface area contributed by atoms with Gasteiger partial charge in [0.2, 0.25) is 0 Å². The minimum atomic E-state index is -3.78. The van der Waals surface area contributed by atoms with E-state index in [1.54, 1.807) is 95.1 Å². The number of carbonyl (C=O) groups is 2. The number of ether oxygens (including phenoxy) is 2. The van der Waals surface area contributed by atoms with Crippen LogP contribution in [0.1, 0.15) is 56.4 Å². The van der Waals surface area contributed by atoms with Crippen LogP contribution in [0.5, 0.6) is 0 Å². The third-order valence-electron chi connectivity index (χ3n) is 10.3. The van der Waals surface area contributed by atoms with Crippen molar-refractivity contribution in [2.75, 3.05) is 62.2 Å². The maximum absolute atomic E-state index is 13.3. The Morgan fingerprint density at radius 1 is 0.569 bits per heavy atom. The molecule has 4 aromatic heterocycles. The van der Waals surface area contributed by atoms with Crippen molar-refractivity contribution in [1.29, 1.82) is 0 Å². The molecule has 65 heavy (non-hydrogen) atoms. The highest BCUT2D eigenvalue weighted by Crippen LogP contribution is 2.33. The fourth-order valence-electron chi connectivity index (χ4n) is 7.32. The molecule has 0 saturated carbocycles. The molecule has 2 aromatic carbocycles. The SMILES string of the molecule is C.C.CC(C)(C)OC(=O)N1CCN(c2ccnc3c2cc(I)n3S(=O)(=O)c2ccccc2)CC1.CC(C)(C)OC(=O)N1CCN(c2ccnc3c2ccn3S(=O)(=O)c2ccccc2)CC1. The van der Waals surface area contributed by atoms with Crippen LogP contribution in [0.15, 0.2) is 113 Å². The van der Waals surface area contributed by atoms with Crippen molar-refractivity contribution in [3.8, 4) is 0 Å². The molecule has 6 heterocycles. The second kappa shape index (κ2) is 20.0. The van der Waals surface area contributed by atoms with Crippen molar-refractivity contribution < 1.29 is 35.9 Å². The Hall–Kier alpha value is -5.41. The van der Waals surface area contributed by atoms with Crippen LogP contribution in [0.3, 0.4) is 0 Å². The summed E-state index contributed by atoms with van der Waals surface area (Å²) in [6.45, 7) is 15.7. The van der Waals surface area contributed by atoms with Gasteiger partial charge in [0.25, 0.3) is 20.0 Å². The van der Waals surface area contributed by atoms with E-state index >= 15 is 0 Å². The number of aromatic nitrogens is 4. The van der Waals surface area contributed by atoms with Crippen LogP contribution in [0.25, 0.3) is 22.1 Å². The number of rotatable bonds is 6. The Bertz CT molecular complexity index is 2830. The van der Waals surface area contributed by atoms with E-state index in [1.807, 2.05) is 82.3 Å². The molecule has 2 aliphatic rings. The van der Waals surface area contributed by atoms with E-state index in [9.17, 15) is 26.4 Å². The number of nitrogens with zero attached hydrogens (tertiary/aromatic N) is 8. The maximum Gasteiger partial charge on any atom is 0.410 e. The number of pyridine rings is 2. The summed E-state index contributed by atoms with van der Waals surface area (Å²) in [5.41, 5.74) is 1.52. The van der Waals surface area contributed by atoms with E-state index in [0.29, 0.717) is 67.4 Å². The number of fused-ring (bicyclic) bond motifs is 2. The molecular formula is C46H59IN8O8S2. The number of carbonyl (C=O) groups excluding carboxylic acids is 2. The van der Waals surface area contributed by atoms with Gasteiger partial charge in [0, 0.05) is 93.1 Å². The second-order valence-electron chi connectivity index (χ2n) is 17.0. The molecule has 2 aliphatic heterocycles. The molecule has 8 rings (SSSR count). The minimum absolute atomic E-state index is 0. The molecule has 2 saturated heterocycles. The maximum atomic E-state index is 13.3. The Labute approximate surface area is 396 Å². The zero-order valence-corrected chi connectivity index (χ0v) is 39.8. The monoisotopic (exact) mass is 1040 g/mol. The highest BCUT2D eigenvalue weighted by atomic mass is 127. The normalized spacial score (nSPS) is 14.8. The van der Waals surface area contributed by atoms with E-state index in [-0.39, 0.29) is 36.8 Å². The molecule has 0 unspecified atom stereocenters. The number of benzene rings is 2. The predicted octanol–water partition coefficient (Wildman–Crippen LogP) is 8.54. The van der Waals surface area contributed by atoms with E-state index in [1.165, 1.54) is 7.94 Å². The summed E-state index contributed by atoms with van der Waals surface area (Å²) >= 11 is 2.03. The molecule has 350 valence electrons. The fourth-order valence-corrected chi connectivity index (χ4v) is 11.3. The third kappa shape index (κ3) is 11.2. The fraction of sp³-hybridized carbons (Fsp3) is 0.391. The molecule has 0 bridgehead atoms. The number of hydrogen-bond acceptors (Lipinski definition) is 12. The first-order chi connectivity index (χ1) is 29.7. The first kappa shape index (κ1) is 50.6. The van der Waals surface area contributed by atoms with Crippen LogP contribution in [-0.2, 0) is 29.5 Å². The molecule has 2 fully saturated rings. The molecule has 0 radical (unpaired) electrons. The number of hydrogen-bond donors (Lipinski definition) is 0.